The topological polar surface area (TPSA) is 61.9 Å². The number of rotatable bonds is 3. The Hall–Kier alpha value is -1.91. The summed E-state index contributed by atoms with van der Waals surface area (Å²) in [5, 5.41) is 10.1. The first-order valence-electron chi connectivity index (χ1n) is 4.92. The summed E-state index contributed by atoms with van der Waals surface area (Å²) >= 11 is 0. The van der Waals surface area contributed by atoms with E-state index >= 15 is 0 Å². The molecule has 0 amide bonds. The molecule has 0 bridgehead atoms. The van der Waals surface area contributed by atoms with Crippen LogP contribution in [-0.4, -0.2) is 10.8 Å². The van der Waals surface area contributed by atoms with Gasteiger partial charge in [-0.25, -0.2) is 9.37 Å². The number of nitrogens with zero attached hydrogens (tertiary/aromatic N) is 1. The first-order chi connectivity index (χ1) is 7.69. The molecule has 1 heterocycles. The monoisotopic (exact) mass is 221 g/mol. The number of amidine groups is 1. The molecule has 0 fully saturated rings. The first-order valence-corrected chi connectivity index (χ1v) is 4.92. The van der Waals surface area contributed by atoms with Crippen molar-refractivity contribution in [1.29, 1.82) is 5.41 Å². The van der Waals surface area contributed by atoms with Crippen molar-refractivity contribution in [3.8, 4) is 0 Å². The minimum atomic E-state index is -0.693. The Balaban J connectivity index is 2.25. The molecule has 0 unspecified atom stereocenters. The van der Waals surface area contributed by atoms with E-state index in [4.69, 9.17) is 9.83 Å². The van der Waals surface area contributed by atoms with Gasteiger partial charge in [-0.2, -0.15) is 0 Å². The Morgan fingerprint density at radius 1 is 1.56 bits per heavy atom. The molecule has 0 aliphatic carbocycles. The molecule has 1 aromatic carbocycles. The molecule has 4 nitrogen and oxygen atoms in total. The van der Waals surface area contributed by atoms with E-state index in [9.17, 15) is 4.39 Å². The molecule has 0 saturated heterocycles. The number of nitrogens with one attached hydrogen (secondary N) is 2. The fourth-order valence-corrected chi connectivity index (χ4v) is 1.42. The van der Waals surface area contributed by atoms with Gasteiger partial charge in [0.1, 0.15) is 5.52 Å². The second-order valence-electron chi connectivity index (χ2n) is 3.52. The summed E-state index contributed by atoms with van der Waals surface area (Å²) in [5.74, 6) is 0.505. The lowest BCUT2D eigenvalue weighted by atomic mass is 10.2. The second-order valence-corrected chi connectivity index (χ2v) is 3.52. The zero-order valence-electron chi connectivity index (χ0n) is 8.88. The smallest absolute Gasteiger partial charge is 0.226 e. The van der Waals surface area contributed by atoms with E-state index in [1.54, 1.807) is 19.1 Å². The highest BCUT2D eigenvalue weighted by Gasteiger charge is 2.05. The van der Waals surface area contributed by atoms with Crippen molar-refractivity contribution in [2.75, 3.05) is 0 Å². The van der Waals surface area contributed by atoms with E-state index in [2.05, 4.69) is 10.3 Å². The van der Waals surface area contributed by atoms with Crippen LogP contribution in [0.3, 0.4) is 0 Å². The number of halogens is 1. The molecule has 16 heavy (non-hydrogen) atoms. The van der Waals surface area contributed by atoms with Crippen LogP contribution in [0.5, 0.6) is 0 Å². The van der Waals surface area contributed by atoms with Crippen molar-refractivity contribution in [3.63, 3.8) is 0 Å². The van der Waals surface area contributed by atoms with Gasteiger partial charge in [0.2, 0.25) is 5.89 Å². The highest BCUT2D eigenvalue weighted by molar-refractivity contribution is 5.76. The van der Waals surface area contributed by atoms with Gasteiger partial charge in [-0.15, -0.1) is 0 Å². The molecule has 2 rings (SSSR count). The van der Waals surface area contributed by atoms with Crippen LogP contribution in [-0.2, 0) is 13.2 Å². The standard InChI is InChI=1S/C11H12FN3O/c1-7(13)14-6-8-2-3-9-10(4-8)16-11(5-12)15-9/h2-4H,5-6H2,1H3,(H2,13,14). The number of hydrogen-bond acceptors (Lipinski definition) is 3. The third kappa shape index (κ3) is 2.18. The zero-order chi connectivity index (χ0) is 11.5. The van der Waals surface area contributed by atoms with Crippen LogP contribution in [0, 0.1) is 5.41 Å². The Morgan fingerprint density at radius 3 is 3.06 bits per heavy atom. The predicted molar refractivity (Wildman–Crippen MR) is 59.1 cm³/mol. The number of alkyl halides is 1. The summed E-state index contributed by atoms with van der Waals surface area (Å²) < 4.78 is 17.5. The van der Waals surface area contributed by atoms with Gasteiger partial charge in [-0.3, -0.25) is 5.41 Å². The van der Waals surface area contributed by atoms with Crippen molar-refractivity contribution in [1.82, 2.24) is 10.3 Å². The molecule has 2 aromatic rings. The zero-order valence-corrected chi connectivity index (χ0v) is 8.88. The maximum Gasteiger partial charge on any atom is 0.226 e. The Bertz CT molecular complexity index is 521. The predicted octanol–water partition coefficient (Wildman–Crippen LogP) is 2.38. The summed E-state index contributed by atoms with van der Waals surface area (Å²) in [5.41, 5.74) is 2.21. The van der Waals surface area contributed by atoms with Crippen molar-refractivity contribution in [3.05, 3.63) is 29.7 Å². The molecular weight excluding hydrogens is 209 g/mol. The molecule has 1 aromatic heterocycles. The van der Waals surface area contributed by atoms with E-state index < -0.39 is 6.67 Å². The van der Waals surface area contributed by atoms with Crippen molar-refractivity contribution in [2.24, 2.45) is 0 Å². The van der Waals surface area contributed by atoms with Gasteiger partial charge in [0, 0.05) is 6.54 Å². The number of fused-ring (bicyclic) bond motifs is 1. The molecule has 0 saturated carbocycles. The molecule has 0 atom stereocenters. The lowest BCUT2D eigenvalue weighted by Crippen LogP contribution is -2.18. The van der Waals surface area contributed by atoms with Crippen LogP contribution in [0.15, 0.2) is 22.6 Å². The summed E-state index contributed by atoms with van der Waals surface area (Å²) in [7, 11) is 0. The third-order valence-corrected chi connectivity index (χ3v) is 2.17. The fourth-order valence-electron chi connectivity index (χ4n) is 1.42. The van der Waals surface area contributed by atoms with Crippen LogP contribution >= 0.6 is 0 Å². The molecule has 0 spiro atoms. The Labute approximate surface area is 92.0 Å². The van der Waals surface area contributed by atoms with Crippen LogP contribution in [0.2, 0.25) is 0 Å². The maximum atomic E-state index is 12.3. The molecule has 0 radical (unpaired) electrons. The summed E-state index contributed by atoms with van der Waals surface area (Å²) in [4.78, 5) is 3.96. The SMILES string of the molecule is CC(=N)NCc1ccc2nc(CF)oc2c1. The molecule has 0 aliphatic rings. The highest BCUT2D eigenvalue weighted by atomic mass is 19.1. The average Bonchev–Trinajstić information content (AvgIpc) is 2.68. The van der Waals surface area contributed by atoms with Gasteiger partial charge >= 0.3 is 0 Å². The number of aromatic nitrogens is 1. The third-order valence-electron chi connectivity index (χ3n) is 2.17. The quantitative estimate of drug-likeness (QED) is 0.618. The Morgan fingerprint density at radius 2 is 2.38 bits per heavy atom. The number of hydrogen-bond donors (Lipinski definition) is 2. The van der Waals surface area contributed by atoms with Crippen LogP contribution in [0.1, 0.15) is 18.4 Å². The van der Waals surface area contributed by atoms with Crippen molar-refractivity contribution in [2.45, 2.75) is 20.1 Å². The first kappa shape index (κ1) is 10.6. The summed E-state index contributed by atoms with van der Waals surface area (Å²) in [6.07, 6.45) is 0. The van der Waals surface area contributed by atoms with Crippen molar-refractivity contribution >= 4 is 16.9 Å². The number of benzene rings is 1. The van der Waals surface area contributed by atoms with Gasteiger partial charge in [-0.05, 0) is 24.6 Å². The minimum absolute atomic E-state index is 0.100. The van der Waals surface area contributed by atoms with E-state index in [1.165, 1.54) is 0 Å². The van der Waals surface area contributed by atoms with E-state index in [-0.39, 0.29) is 5.89 Å². The lowest BCUT2D eigenvalue weighted by Gasteiger charge is -2.02. The number of oxazole rings is 1. The molecule has 5 heteroatoms. The summed E-state index contributed by atoms with van der Waals surface area (Å²) in [6.45, 7) is 1.53. The lowest BCUT2D eigenvalue weighted by molar-refractivity contribution is 0.393. The van der Waals surface area contributed by atoms with E-state index in [0.29, 0.717) is 23.5 Å². The van der Waals surface area contributed by atoms with E-state index in [1.807, 2.05) is 6.07 Å². The maximum absolute atomic E-state index is 12.3. The fraction of sp³-hybridized carbons (Fsp3) is 0.273. The molecule has 0 aliphatic heterocycles. The van der Waals surface area contributed by atoms with Crippen LogP contribution in [0.25, 0.3) is 11.1 Å². The molecule has 2 N–H and O–H groups in total. The van der Waals surface area contributed by atoms with Gasteiger partial charge in [0.25, 0.3) is 0 Å². The van der Waals surface area contributed by atoms with Crippen molar-refractivity contribution < 1.29 is 8.81 Å². The highest BCUT2D eigenvalue weighted by Crippen LogP contribution is 2.17. The molecular formula is C11H12FN3O. The van der Waals surface area contributed by atoms with E-state index in [0.717, 1.165) is 5.56 Å². The average molecular weight is 221 g/mol. The van der Waals surface area contributed by atoms with Crippen LogP contribution < -0.4 is 5.32 Å². The summed E-state index contributed by atoms with van der Waals surface area (Å²) in [6, 6.07) is 5.47. The van der Waals surface area contributed by atoms with Gasteiger partial charge in [-0.1, -0.05) is 6.07 Å². The van der Waals surface area contributed by atoms with Crippen LogP contribution in [0.4, 0.5) is 4.39 Å². The Kier molecular flexibility index (Phi) is 2.85. The van der Waals surface area contributed by atoms with Gasteiger partial charge in [0.15, 0.2) is 12.3 Å². The second kappa shape index (κ2) is 4.30. The minimum Gasteiger partial charge on any atom is -0.438 e. The van der Waals surface area contributed by atoms with Gasteiger partial charge < -0.3 is 9.73 Å². The van der Waals surface area contributed by atoms with Gasteiger partial charge in [0.05, 0.1) is 5.84 Å². The molecule has 84 valence electrons. The largest absolute Gasteiger partial charge is 0.438 e. The normalized spacial score (nSPS) is 10.6.